The summed E-state index contributed by atoms with van der Waals surface area (Å²) in [6.07, 6.45) is 0. The number of ether oxygens (including phenoxy) is 3. The van der Waals surface area contributed by atoms with Gasteiger partial charge in [-0.2, -0.15) is 4.68 Å². The van der Waals surface area contributed by atoms with E-state index in [9.17, 15) is 10.1 Å². The number of thioether (sulfide) groups is 1. The molecular formula is C18H17N5O5S. The standard InChI is InChI=1S/C18H17N5O5S/c1-11-3-4-16(26-2)15(5-11)22-18(19-20-21-22)29-9-13-7-14(23(24)25)6-12-8-27-10-28-17(12)13/h3-7H,8-10H2,1-2H3. The number of non-ortho nitro benzene ring substituents is 1. The van der Waals surface area contributed by atoms with Gasteiger partial charge < -0.3 is 14.2 Å². The number of tetrazole rings is 1. The molecule has 2 heterocycles. The molecule has 150 valence electrons. The lowest BCUT2D eigenvalue weighted by Crippen LogP contribution is -2.13. The molecule has 0 fully saturated rings. The van der Waals surface area contributed by atoms with E-state index in [0.29, 0.717) is 39.2 Å². The molecule has 0 unspecified atom stereocenters. The van der Waals surface area contributed by atoms with Crippen molar-refractivity contribution in [2.75, 3.05) is 13.9 Å². The molecule has 0 spiro atoms. The van der Waals surface area contributed by atoms with Crippen LogP contribution in [0.25, 0.3) is 5.69 Å². The Kier molecular flexibility index (Phi) is 5.32. The van der Waals surface area contributed by atoms with Gasteiger partial charge in [0.2, 0.25) is 5.16 Å². The fourth-order valence-corrected chi connectivity index (χ4v) is 3.87. The van der Waals surface area contributed by atoms with E-state index in [0.717, 1.165) is 5.56 Å². The Bertz CT molecular complexity index is 1070. The first-order chi connectivity index (χ1) is 14.1. The lowest BCUT2D eigenvalue weighted by Gasteiger charge is -2.20. The number of aryl methyl sites for hydroxylation is 1. The summed E-state index contributed by atoms with van der Waals surface area (Å²) in [6, 6.07) is 8.71. The SMILES string of the molecule is COc1ccc(C)cc1-n1nnnc1SCc1cc([N+](=O)[O-])cc2c1OCOC2. The summed E-state index contributed by atoms with van der Waals surface area (Å²) in [6.45, 7) is 2.35. The lowest BCUT2D eigenvalue weighted by molar-refractivity contribution is -0.385. The molecule has 1 aromatic heterocycles. The Morgan fingerprint density at radius 3 is 3.00 bits per heavy atom. The van der Waals surface area contributed by atoms with E-state index in [-0.39, 0.29) is 19.1 Å². The Morgan fingerprint density at radius 2 is 2.21 bits per heavy atom. The molecule has 1 aliphatic heterocycles. The van der Waals surface area contributed by atoms with Crippen molar-refractivity contribution in [3.05, 3.63) is 57.1 Å². The maximum Gasteiger partial charge on any atom is 0.270 e. The Balaban J connectivity index is 1.65. The number of hydrogen-bond donors (Lipinski definition) is 0. The third-order valence-corrected chi connectivity index (χ3v) is 5.31. The van der Waals surface area contributed by atoms with Crippen LogP contribution in [0.15, 0.2) is 35.5 Å². The second kappa shape index (κ2) is 8.05. The molecule has 0 aliphatic carbocycles. The number of hydrogen-bond acceptors (Lipinski definition) is 9. The van der Waals surface area contributed by atoms with E-state index in [4.69, 9.17) is 14.2 Å². The quantitative estimate of drug-likeness (QED) is 0.340. The zero-order chi connectivity index (χ0) is 20.4. The van der Waals surface area contributed by atoms with Gasteiger partial charge in [-0.1, -0.05) is 17.8 Å². The Labute approximate surface area is 169 Å². The van der Waals surface area contributed by atoms with Crippen LogP contribution >= 0.6 is 11.8 Å². The predicted molar refractivity (Wildman–Crippen MR) is 103 cm³/mol. The molecular weight excluding hydrogens is 398 g/mol. The average Bonchev–Trinajstić information content (AvgIpc) is 3.20. The molecule has 0 saturated carbocycles. The summed E-state index contributed by atoms with van der Waals surface area (Å²) in [5, 5.41) is 23.8. The van der Waals surface area contributed by atoms with Crippen molar-refractivity contribution in [1.82, 2.24) is 20.2 Å². The molecule has 0 saturated heterocycles. The molecule has 0 N–H and O–H groups in total. The molecule has 10 nitrogen and oxygen atoms in total. The van der Waals surface area contributed by atoms with Crippen LogP contribution in [0.2, 0.25) is 0 Å². The van der Waals surface area contributed by atoms with E-state index in [1.54, 1.807) is 11.8 Å². The largest absolute Gasteiger partial charge is 0.494 e. The van der Waals surface area contributed by atoms with Gasteiger partial charge in [-0.3, -0.25) is 10.1 Å². The second-order valence-electron chi connectivity index (χ2n) is 6.30. The van der Waals surface area contributed by atoms with Gasteiger partial charge in [0.05, 0.1) is 18.6 Å². The van der Waals surface area contributed by atoms with Crippen molar-refractivity contribution in [3.63, 3.8) is 0 Å². The van der Waals surface area contributed by atoms with Crippen molar-refractivity contribution in [2.45, 2.75) is 24.4 Å². The predicted octanol–water partition coefficient (Wildman–Crippen LogP) is 3.05. The Hall–Kier alpha value is -3.18. The van der Waals surface area contributed by atoms with Crippen molar-refractivity contribution in [1.29, 1.82) is 0 Å². The second-order valence-corrected chi connectivity index (χ2v) is 7.24. The van der Waals surface area contributed by atoms with E-state index >= 15 is 0 Å². The molecule has 0 amide bonds. The van der Waals surface area contributed by atoms with Crippen molar-refractivity contribution in [2.24, 2.45) is 0 Å². The highest BCUT2D eigenvalue weighted by molar-refractivity contribution is 7.98. The van der Waals surface area contributed by atoms with Crippen LogP contribution in [0.3, 0.4) is 0 Å². The summed E-state index contributed by atoms with van der Waals surface area (Å²) in [4.78, 5) is 10.9. The van der Waals surface area contributed by atoms with Crippen LogP contribution in [0, 0.1) is 17.0 Å². The molecule has 2 aromatic carbocycles. The number of fused-ring (bicyclic) bond motifs is 1. The molecule has 0 atom stereocenters. The first kappa shape index (κ1) is 19.2. The van der Waals surface area contributed by atoms with Gasteiger partial charge in [-0.25, -0.2) is 0 Å². The highest BCUT2D eigenvalue weighted by Crippen LogP contribution is 2.36. The van der Waals surface area contributed by atoms with Crippen LogP contribution in [-0.2, 0) is 17.1 Å². The van der Waals surface area contributed by atoms with Gasteiger partial charge in [0.1, 0.15) is 17.2 Å². The molecule has 11 heteroatoms. The van der Waals surface area contributed by atoms with Crippen LogP contribution in [0.1, 0.15) is 16.7 Å². The first-order valence-corrected chi connectivity index (χ1v) is 9.62. The van der Waals surface area contributed by atoms with Gasteiger partial charge in [0.15, 0.2) is 6.79 Å². The minimum atomic E-state index is -0.426. The molecule has 29 heavy (non-hydrogen) atoms. The zero-order valence-electron chi connectivity index (χ0n) is 15.7. The summed E-state index contributed by atoms with van der Waals surface area (Å²) >= 11 is 1.35. The monoisotopic (exact) mass is 415 g/mol. The minimum absolute atomic E-state index is 0.00612. The van der Waals surface area contributed by atoms with Gasteiger partial charge in [-0.15, -0.1) is 5.10 Å². The van der Waals surface area contributed by atoms with Gasteiger partial charge in [0.25, 0.3) is 5.69 Å². The summed E-state index contributed by atoms with van der Waals surface area (Å²) in [5.41, 5.74) is 3.08. The summed E-state index contributed by atoms with van der Waals surface area (Å²) in [5.74, 6) is 1.64. The number of benzene rings is 2. The molecule has 0 radical (unpaired) electrons. The van der Waals surface area contributed by atoms with Gasteiger partial charge >= 0.3 is 0 Å². The van der Waals surface area contributed by atoms with E-state index < -0.39 is 4.92 Å². The number of aromatic nitrogens is 4. The van der Waals surface area contributed by atoms with E-state index in [2.05, 4.69) is 15.5 Å². The minimum Gasteiger partial charge on any atom is -0.494 e. The molecule has 3 aromatic rings. The number of nitro groups is 1. The van der Waals surface area contributed by atoms with Crippen molar-refractivity contribution < 1.29 is 19.1 Å². The van der Waals surface area contributed by atoms with Crippen LogP contribution in [0.4, 0.5) is 5.69 Å². The fourth-order valence-electron chi connectivity index (χ4n) is 3.02. The van der Waals surface area contributed by atoms with Crippen molar-refractivity contribution in [3.8, 4) is 17.2 Å². The number of methoxy groups -OCH3 is 1. The number of nitrogens with zero attached hydrogens (tertiary/aromatic N) is 5. The van der Waals surface area contributed by atoms with E-state index in [1.807, 2.05) is 25.1 Å². The maximum atomic E-state index is 11.3. The molecule has 0 bridgehead atoms. The highest BCUT2D eigenvalue weighted by atomic mass is 32.2. The average molecular weight is 415 g/mol. The topological polar surface area (TPSA) is 114 Å². The lowest BCUT2D eigenvalue weighted by atomic mass is 10.1. The molecule has 4 rings (SSSR count). The molecule has 1 aliphatic rings. The number of rotatable bonds is 6. The van der Waals surface area contributed by atoms with Crippen LogP contribution in [-0.4, -0.2) is 39.0 Å². The summed E-state index contributed by atoms with van der Waals surface area (Å²) < 4.78 is 17.8. The third kappa shape index (κ3) is 3.87. The smallest absolute Gasteiger partial charge is 0.270 e. The first-order valence-electron chi connectivity index (χ1n) is 8.63. The Morgan fingerprint density at radius 1 is 1.34 bits per heavy atom. The maximum absolute atomic E-state index is 11.3. The van der Waals surface area contributed by atoms with E-state index in [1.165, 1.54) is 23.9 Å². The fraction of sp³-hybridized carbons (Fsp3) is 0.278. The highest BCUT2D eigenvalue weighted by Gasteiger charge is 2.22. The van der Waals surface area contributed by atoms with Crippen LogP contribution in [0.5, 0.6) is 11.5 Å². The number of nitro benzene ring substituents is 1. The summed E-state index contributed by atoms with van der Waals surface area (Å²) in [7, 11) is 1.58. The van der Waals surface area contributed by atoms with Gasteiger partial charge in [-0.05, 0) is 35.0 Å². The van der Waals surface area contributed by atoms with Crippen molar-refractivity contribution >= 4 is 17.4 Å². The van der Waals surface area contributed by atoms with Gasteiger partial charge in [0, 0.05) is 29.0 Å². The zero-order valence-corrected chi connectivity index (χ0v) is 16.5. The third-order valence-electron chi connectivity index (χ3n) is 4.34. The normalized spacial score (nSPS) is 12.9. The van der Waals surface area contributed by atoms with Crippen LogP contribution < -0.4 is 9.47 Å².